The summed E-state index contributed by atoms with van der Waals surface area (Å²) in [6, 6.07) is 15.7. The molecule has 5 nitrogen and oxygen atoms in total. The first-order valence-electron chi connectivity index (χ1n) is 8.76. The summed E-state index contributed by atoms with van der Waals surface area (Å²) < 4.78 is 0. The first kappa shape index (κ1) is 19.5. The van der Waals surface area contributed by atoms with Crippen LogP contribution < -0.4 is 5.32 Å². The van der Waals surface area contributed by atoms with E-state index in [1.54, 1.807) is 0 Å². The van der Waals surface area contributed by atoms with Crippen molar-refractivity contribution in [3.8, 4) is 11.4 Å². The predicted molar refractivity (Wildman–Crippen MR) is 110 cm³/mol. The van der Waals surface area contributed by atoms with Crippen molar-refractivity contribution in [1.29, 1.82) is 0 Å². The molecule has 2 aromatic carbocycles. The van der Waals surface area contributed by atoms with Gasteiger partial charge >= 0.3 is 0 Å². The third-order valence-electron chi connectivity index (χ3n) is 4.16. The Hall–Kier alpha value is -2.31. The number of nitrogens with zero attached hydrogens (tertiary/aromatic N) is 2. The number of benzene rings is 2. The lowest BCUT2D eigenvalue weighted by Gasteiger charge is -2.11. The van der Waals surface area contributed by atoms with Gasteiger partial charge < -0.3 is 5.32 Å². The Morgan fingerprint density at radius 2 is 1.96 bits per heavy atom. The fraction of sp³-hybridized carbons (Fsp3) is 0.250. The van der Waals surface area contributed by atoms with Crippen LogP contribution in [0.15, 0.2) is 53.7 Å². The molecule has 1 unspecified atom stereocenters. The Balaban J connectivity index is 1.57. The van der Waals surface area contributed by atoms with Gasteiger partial charge in [0, 0.05) is 17.1 Å². The molecule has 1 atom stereocenters. The van der Waals surface area contributed by atoms with Gasteiger partial charge in [-0.2, -0.15) is 0 Å². The van der Waals surface area contributed by atoms with Crippen LogP contribution in [0.5, 0.6) is 0 Å². The smallest absolute Gasteiger partial charge is 0.233 e. The molecule has 7 heteroatoms. The maximum Gasteiger partial charge on any atom is 0.233 e. The van der Waals surface area contributed by atoms with Gasteiger partial charge in [0.05, 0.1) is 5.25 Å². The fourth-order valence-electron chi connectivity index (χ4n) is 2.51. The number of aromatic nitrogens is 3. The first-order valence-corrected chi connectivity index (χ1v) is 10.0. The molecule has 1 aromatic heterocycles. The molecule has 2 N–H and O–H groups in total. The molecule has 0 radical (unpaired) electrons. The minimum atomic E-state index is -0.321. The van der Waals surface area contributed by atoms with Gasteiger partial charge in [0.1, 0.15) is 0 Å². The Labute approximate surface area is 167 Å². The molecule has 0 aliphatic rings. The van der Waals surface area contributed by atoms with Gasteiger partial charge in [-0.25, -0.2) is 4.98 Å². The number of hydrogen-bond acceptors (Lipinski definition) is 4. The zero-order chi connectivity index (χ0) is 19.2. The van der Waals surface area contributed by atoms with Crippen LogP contribution in [0.2, 0.25) is 5.02 Å². The monoisotopic (exact) mass is 400 g/mol. The van der Waals surface area contributed by atoms with Crippen LogP contribution in [0.25, 0.3) is 11.4 Å². The molecular weight excluding hydrogens is 380 g/mol. The molecule has 3 aromatic rings. The standard InChI is InChI=1S/C20H21ClN4OS/c1-3-14-8-10-15(11-9-14)18-23-20(25-24-18)27-13(2)19(26)22-12-16-6-4-5-7-17(16)21/h4-11,13H,3,12H2,1-2H3,(H,22,26)(H,23,24,25). The number of aromatic amines is 1. The average molecular weight is 401 g/mol. The highest BCUT2D eigenvalue weighted by Gasteiger charge is 2.17. The van der Waals surface area contributed by atoms with Crippen molar-refractivity contribution < 1.29 is 4.79 Å². The summed E-state index contributed by atoms with van der Waals surface area (Å²) in [4.78, 5) is 16.8. The largest absolute Gasteiger partial charge is 0.351 e. The van der Waals surface area contributed by atoms with Crippen molar-refractivity contribution in [2.45, 2.75) is 37.2 Å². The highest BCUT2D eigenvalue weighted by atomic mass is 35.5. The molecule has 0 spiro atoms. The lowest BCUT2D eigenvalue weighted by Crippen LogP contribution is -2.30. The van der Waals surface area contributed by atoms with E-state index in [9.17, 15) is 4.79 Å². The van der Waals surface area contributed by atoms with Gasteiger partial charge in [-0.05, 0) is 30.5 Å². The highest BCUT2D eigenvalue weighted by Crippen LogP contribution is 2.23. The molecule has 140 valence electrons. The molecule has 0 saturated heterocycles. The quantitative estimate of drug-likeness (QED) is 0.573. The lowest BCUT2D eigenvalue weighted by molar-refractivity contribution is -0.120. The summed E-state index contributed by atoms with van der Waals surface area (Å²) in [6.45, 7) is 4.35. The van der Waals surface area contributed by atoms with Crippen molar-refractivity contribution in [2.24, 2.45) is 0 Å². The van der Waals surface area contributed by atoms with Crippen molar-refractivity contribution in [2.75, 3.05) is 0 Å². The minimum Gasteiger partial charge on any atom is -0.351 e. The zero-order valence-electron chi connectivity index (χ0n) is 15.2. The van der Waals surface area contributed by atoms with Crippen molar-refractivity contribution in [1.82, 2.24) is 20.5 Å². The second-order valence-electron chi connectivity index (χ2n) is 6.09. The zero-order valence-corrected chi connectivity index (χ0v) is 16.8. The Morgan fingerprint density at radius 1 is 1.22 bits per heavy atom. The number of carbonyl (C=O) groups excluding carboxylic acids is 1. The topological polar surface area (TPSA) is 70.7 Å². The number of aryl methyl sites for hydroxylation is 1. The molecule has 1 amide bonds. The Kier molecular flexibility index (Phi) is 6.53. The van der Waals surface area contributed by atoms with Crippen molar-refractivity contribution in [3.05, 3.63) is 64.7 Å². The van der Waals surface area contributed by atoms with Gasteiger partial charge in [-0.15, -0.1) is 5.10 Å². The average Bonchev–Trinajstić information content (AvgIpc) is 3.15. The van der Waals surface area contributed by atoms with Crippen LogP contribution in [-0.2, 0) is 17.8 Å². The van der Waals surface area contributed by atoms with E-state index in [4.69, 9.17) is 11.6 Å². The van der Waals surface area contributed by atoms with Gasteiger partial charge in [0.25, 0.3) is 0 Å². The van der Waals surface area contributed by atoms with E-state index in [0.29, 0.717) is 22.5 Å². The van der Waals surface area contributed by atoms with E-state index < -0.39 is 0 Å². The molecule has 27 heavy (non-hydrogen) atoms. The molecule has 0 aliphatic carbocycles. The second-order valence-corrected chi connectivity index (χ2v) is 7.80. The van der Waals surface area contributed by atoms with Gasteiger partial charge in [-0.1, -0.05) is 72.8 Å². The SMILES string of the molecule is CCc1ccc(-c2nc(SC(C)C(=O)NCc3ccccc3Cl)n[nH]2)cc1. The molecular formula is C20H21ClN4OS. The van der Waals surface area contributed by atoms with E-state index in [0.717, 1.165) is 17.5 Å². The number of nitrogens with one attached hydrogen (secondary N) is 2. The highest BCUT2D eigenvalue weighted by molar-refractivity contribution is 8.00. The van der Waals surface area contributed by atoms with Gasteiger partial charge in [-0.3, -0.25) is 9.89 Å². The van der Waals surface area contributed by atoms with Gasteiger partial charge in [0.2, 0.25) is 11.1 Å². The van der Waals surface area contributed by atoms with Crippen molar-refractivity contribution in [3.63, 3.8) is 0 Å². The number of rotatable bonds is 7. The number of carbonyl (C=O) groups is 1. The van der Waals surface area contributed by atoms with E-state index in [2.05, 4.69) is 39.6 Å². The molecule has 0 bridgehead atoms. The van der Waals surface area contributed by atoms with Crippen molar-refractivity contribution >= 4 is 29.3 Å². The summed E-state index contributed by atoms with van der Waals surface area (Å²) in [5, 5.41) is 10.9. The van der Waals surface area contributed by atoms with E-state index >= 15 is 0 Å². The van der Waals surface area contributed by atoms with Crippen LogP contribution in [-0.4, -0.2) is 26.3 Å². The molecule has 0 aliphatic heterocycles. The van der Waals surface area contributed by atoms with E-state index in [1.165, 1.54) is 17.3 Å². The normalized spacial score (nSPS) is 12.0. The van der Waals surface area contributed by atoms with Crippen LogP contribution in [0.3, 0.4) is 0 Å². The molecule has 0 saturated carbocycles. The lowest BCUT2D eigenvalue weighted by atomic mass is 10.1. The summed E-state index contributed by atoms with van der Waals surface area (Å²) in [5.41, 5.74) is 3.14. The summed E-state index contributed by atoms with van der Waals surface area (Å²) in [6.07, 6.45) is 0.999. The molecule has 0 fully saturated rings. The first-order chi connectivity index (χ1) is 13.1. The molecule has 1 heterocycles. The van der Waals surface area contributed by atoms with Crippen LogP contribution in [0.4, 0.5) is 0 Å². The summed E-state index contributed by atoms with van der Waals surface area (Å²) >= 11 is 7.43. The number of amides is 1. The number of hydrogen-bond donors (Lipinski definition) is 2. The van der Waals surface area contributed by atoms with Crippen LogP contribution in [0, 0.1) is 0 Å². The maximum atomic E-state index is 12.3. The second kappa shape index (κ2) is 9.06. The predicted octanol–water partition coefficient (Wildman–Crippen LogP) is 4.48. The minimum absolute atomic E-state index is 0.0847. The van der Waals surface area contributed by atoms with Gasteiger partial charge in [0.15, 0.2) is 5.82 Å². The Bertz CT molecular complexity index is 910. The number of H-pyrrole nitrogens is 1. The van der Waals surface area contributed by atoms with Crippen LogP contribution in [0.1, 0.15) is 25.0 Å². The van der Waals surface area contributed by atoms with E-state index in [1.807, 2.05) is 43.3 Å². The Morgan fingerprint density at radius 3 is 2.67 bits per heavy atom. The third-order valence-corrected chi connectivity index (χ3v) is 5.49. The van der Waals surface area contributed by atoms with Crippen LogP contribution >= 0.6 is 23.4 Å². The summed E-state index contributed by atoms with van der Waals surface area (Å²) in [5.74, 6) is 0.613. The summed E-state index contributed by atoms with van der Waals surface area (Å²) in [7, 11) is 0. The molecule has 3 rings (SSSR count). The number of thioether (sulfide) groups is 1. The number of halogens is 1. The third kappa shape index (κ3) is 5.11. The maximum absolute atomic E-state index is 12.3. The fourth-order valence-corrected chi connectivity index (χ4v) is 3.46. The van der Waals surface area contributed by atoms with E-state index in [-0.39, 0.29) is 11.2 Å².